The van der Waals surface area contributed by atoms with Crippen LogP contribution in [0.2, 0.25) is 0 Å². The largest absolute Gasteiger partial charge is 0.452 e. The van der Waals surface area contributed by atoms with Crippen molar-refractivity contribution >= 4 is 5.69 Å². The fourth-order valence-electron chi connectivity index (χ4n) is 1.39. The highest BCUT2D eigenvalue weighted by molar-refractivity contribution is 5.52. The highest BCUT2D eigenvalue weighted by atomic mass is 19.4. The Labute approximate surface area is 106 Å². The number of hydrogen-bond acceptors (Lipinski definition) is 4. The van der Waals surface area contributed by atoms with Crippen LogP contribution >= 0.6 is 0 Å². The molecular weight excluding hydrogens is 261 g/mol. The van der Waals surface area contributed by atoms with E-state index >= 15 is 0 Å². The second-order valence-corrected chi connectivity index (χ2v) is 3.74. The van der Waals surface area contributed by atoms with Crippen LogP contribution in [0.1, 0.15) is 12.6 Å². The molecule has 0 saturated carbocycles. The van der Waals surface area contributed by atoms with Crippen molar-refractivity contribution in [3.63, 3.8) is 0 Å². The van der Waals surface area contributed by atoms with E-state index in [4.69, 9.17) is 10.5 Å². The molecule has 2 aromatic rings. The number of pyridine rings is 1. The predicted octanol–water partition coefficient (Wildman–Crippen LogP) is 2.69. The first-order chi connectivity index (χ1) is 8.90. The lowest BCUT2D eigenvalue weighted by Crippen LogP contribution is -2.08. The lowest BCUT2D eigenvalue weighted by Gasteiger charge is -2.10. The molecule has 0 aromatic carbocycles. The summed E-state index contributed by atoms with van der Waals surface area (Å²) in [6.45, 7) is 2.50. The molecule has 5 nitrogen and oxygen atoms in total. The lowest BCUT2D eigenvalue weighted by molar-refractivity contribution is -0.141. The fourth-order valence-corrected chi connectivity index (χ4v) is 1.39. The Morgan fingerprint density at radius 3 is 2.68 bits per heavy atom. The molecule has 8 heteroatoms. The van der Waals surface area contributed by atoms with Crippen LogP contribution in [0, 0.1) is 0 Å². The molecule has 0 radical (unpaired) electrons. The van der Waals surface area contributed by atoms with E-state index in [0.717, 1.165) is 12.3 Å². The third-order valence-electron chi connectivity index (χ3n) is 2.35. The minimum absolute atomic E-state index is 0.0252. The van der Waals surface area contributed by atoms with Crippen LogP contribution in [0.25, 0.3) is 0 Å². The molecule has 2 aromatic heterocycles. The van der Waals surface area contributed by atoms with E-state index < -0.39 is 11.9 Å². The SMILES string of the molecule is CCn1cc(Oc2cc(C(F)(F)F)ncc2N)cn1. The highest BCUT2D eigenvalue weighted by Gasteiger charge is 2.33. The standard InChI is InChI=1S/C11H11F3N4O/c1-2-18-6-7(4-17-18)19-9-3-10(11(12,13)14)16-5-8(9)15/h3-6H,2,15H2,1H3. The minimum Gasteiger partial charge on any atom is -0.452 e. The second-order valence-electron chi connectivity index (χ2n) is 3.74. The summed E-state index contributed by atoms with van der Waals surface area (Å²) in [5, 5.41) is 3.94. The fraction of sp³-hybridized carbons (Fsp3) is 0.273. The van der Waals surface area contributed by atoms with Crippen molar-refractivity contribution in [2.45, 2.75) is 19.6 Å². The molecule has 0 unspecified atom stereocenters. The van der Waals surface area contributed by atoms with Gasteiger partial charge in [-0.2, -0.15) is 18.3 Å². The summed E-state index contributed by atoms with van der Waals surface area (Å²) in [6, 6.07) is 0.763. The Kier molecular flexibility index (Phi) is 3.32. The first-order valence-corrected chi connectivity index (χ1v) is 5.43. The van der Waals surface area contributed by atoms with Gasteiger partial charge in [-0.25, -0.2) is 4.98 Å². The average Bonchev–Trinajstić information content (AvgIpc) is 2.78. The quantitative estimate of drug-likeness (QED) is 0.932. The van der Waals surface area contributed by atoms with Gasteiger partial charge in [0, 0.05) is 12.6 Å². The zero-order chi connectivity index (χ0) is 14.0. The van der Waals surface area contributed by atoms with Gasteiger partial charge in [-0.3, -0.25) is 4.68 Å². The van der Waals surface area contributed by atoms with Crippen LogP contribution in [-0.2, 0) is 12.7 Å². The monoisotopic (exact) mass is 272 g/mol. The summed E-state index contributed by atoms with van der Waals surface area (Å²) >= 11 is 0. The molecule has 0 bridgehead atoms. The van der Waals surface area contributed by atoms with E-state index in [0.29, 0.717) is 12.3 Å². The van der Waals surface area contributed by atoms with Gasteiger partial charge in [0.05, 0.1) is 24.3 Å². The molecule has 0 fully saturated rings. The Morgan fingerprint density at radius 2 is 2.11 bits per heavy atom. The maximum atomic E-state index is 12.5. The van der Waals surface area contributed by atoms with Crippen molar-refractivity contribution in [2.75, 3.05) is 5.73 Å². The van der Waals surface area contributed by atoms with Gasteiger partial charge in [0.2, 0.25) is 0 Å². The van der Waals surface area contributed by atoms with Crippen LogP contribution in [-0.4, -0.2) is 14.8 Å². The minimum atomic E-state index is -4.54. The summed E-state index contributed by atoms with van der Waals surface area (Å²) in [7, 11) is 0. The Morgan fingerprint density at radius 1 is 1.37 bits per heavy atom. The Bertz CT molecular complexity index is 580. The van der Waals surface area contributed by atoms with E-state index in [1.54, 1.807) is 10.9 Å². The van der Waals surface area contributed by atoms with E-state index in [2.05, 4.69) is 10.1 Å². The molecule has 2 N–H and O–H groups in total. The Balaban J connectivity index is 2.28. The number of anilines is 1. The third-order valence-corrected chi connectivity index (χ3v) is 2.35. The van der Waals surface area contributed by atoms with Crippen molar-refractivity contribution in [1.29, 1.82) is 0 Å². The van der Waals surface area contributed by atoms with Crippen molar-refractivity contribution in [2.24, 2.45) is 0 Å². The first kappa shape index (κ1) is 13.2. The molecule has 2 heterocycles. The van der Waals surface area contributed by atoms with Gasteiger partial charge in [-0.15, -0.1) is 0 Å². The molecule has 0 aliphatic rings. The molecule has 0 spiro atoms. The second kappa shape index (κ2) is 4.79. The van der Waals surface area contributed by atoms with Crippen LogP contribution in [0.15, 0.2) is 24.7 Å². The number of ether oxygens (including phenoxy) is 1. The number of alkyl halides is 3. The van der Waals surface area contributed by atoms with Crippen LogP contribution in [0.3, 0.4) is 0 Å². The normalized spacial score (nSPS) is 11.6. The van der Waals surface area contributed by atoms with Gasteiger partial charge in [0.1, 0.15) is 5.69 Å². The number of nitrogens with zero attached hydrogens (tertiary/aromatic N) is 3. The number of aryl methyl sites for hydroxylation is 1. The van der Waals surface area contributed by atoms with Crippen LogP contribution in [0.5, 0.6) is 11.5 Å². The van der Waals surface area contributed by atoms with Gasteiger partial charge in [-0.05, 0) is 6.92 Å². The molecule has 0 aliphatic heterocycles. The smallest absolute Gasteiger partial charge is 0.433 e. The van der Waals surface area contributed by atoms with Gasteiger partial charge < -0.3 is 10.5 Å². The number of hydrogen-bond donors (Lipinski definition) is 1. The van der Waals surface area contributed by atoms with E-state index in [1.165, 1.54) is 6.20 Å². The number of nitrogens with two attached hydrogens (primary N) is 1. The van der Waals surface area contributed by atoms with Crippen molar-refractivity contribution in [3.05, 3.63) is 30.4 Å². The molecule has 102 valence electrons. The summed E-state index contributed by atoms with van der Waals surface area (Å²) in [6.07, 6.45) is -0.661. The summed E-state index contributed by atoms with van der Waals surface area (Å²) in [4.78, 5) is 3.22. The number of aromatic nitrogens is 3. The molecule has 2 rings (SSSR count). The van der Waals surface area contributed by atoms with Crippen LogP contribution in [0.4, 0.5) is 18.9 Å². The summed E-state index contributed by atoms with van der Waals surface area (Å²) in [5.74, 6) is 0.214. The van der Waals surface area contributed by atoms with Gasteiger partial charge in [0.15, 0.2) is 11.5 Å². The molecular formula is C11H11F3N4O. The molecule has 0 saturated heterocycles. The van der Waals surface area contributed by atoms with E-state index in [9.17, 15) is 13.2 Å². The lowest BCUT2D eigenvalue weighted by atomic mass is 10.3. The summed E-state index contributed by atoms with van der Waals surface area (Å²) < 4.78 is 44.4. The molecule has 0 amide bonds. The number of halogens is 3. The van der Waals surface area contributed by atoms with Crippen molar-refractivity contribution in [3.8, 4) is 11.5 Å². The molecule has 0 atom stereocenters. The Hall–Kier alpha value is -2.25. The maximum Gasteiger partial charge on any atom is 0.433 e. The highest BCUT2D eigenvalue weighted by Crippen LogP contribution is 2.34. The third kappa shape index (κ3) is 2.95. The number of nitrogen functional groups attached to an aromatic ring is 1. The van der Waals surface area contributed by atoms with E-state index in [-0.39, 0.29) is 11.4 Å². The van der Waals surface area contributed by atoms with E-state index in [1.807, 2.05) is 6.92 Å². The van der Waals surface area contributed by atoms with Gasteiger partial charge in [-0.1, -0.05) is 0 Å². The zero-order valence-corrected chi connectivity index (χ0v) is 9.98. The molecule has 0 aliphatic carbocycles. The van der Waals surface area contributed by atoms with Gasteiger partial charge in [0.25, 0.3) is 0 Å². The summed E-state index contributed by atoms with van der Waals surface area (Å²) in [5.41, 5.74) is 4.51. The average molecular weight is 272 g/mol. The molecule has 19 heavy (non-hydrogen) atoms. The predicted molar refractivity (Wildman–Crippen MR) is 61.6 cm³/mol. The topological polar surface area (TPSA) is 66.0 Å². The zero-order valence-electron chi connectivity index (χ0n) is 9.98. The van der Waals surface area contributed by atoms with Crippen molar-refractivity contribution in [1.82, 2.24) is 14.8 Å². The van der Waals surface area contributed by atoms with Gasteiger partial charge >= 0.3 is 6.18 Å². The first-order valence-electron chi connectivity index (χ1n) is 5.43. The maximum absolute atomic E-state index is 12.5. The van der Waals surface area contributed by atoms with Crippen LogP contribution < -0.4 is 10.5 Å². The number of rotatable bonds is 3. The van der Waals surface area contributed by atoms with Crippen molar-refractivity contribution < 1.29 is 17.9 Å².